The van der Waals surface area contributed by atoms with E-state index in [2.05, 4.69) is 42.6 Å². The van der Waals surface area contributed by atoms with Gasteiger partial charge in [-0.1, -0.05) is 18.2 Å². The maximum Gasteiger partial charge on any atom is 0.254 e. The zero-order valence-corrected chi connectivity index (χ0v) is 16.7. The molecule has 4 fully saturated rings. The molecule has 4 aliphatic rings. The smallest absolute Gasteiger partial charge is 0.254 e. The van der Waals surface area contributed by atoms with Crippen LogP contribution in [-0.4, -0.2) is 19.6 Å². The Bertz CT molecular complexity index is 1030. The average molecular weight is 374 g/mol. The molecule has 0 unspecified atom stereocenters. The van der Waals surface area contributed by atoms with Crippen LogP contribution in [0.25, 0.3) is 5.78 Å². The van der Waals surface area contributed by atoms with Crippen LogP contribution < -0.4 is 5.32 Å². The van der Waals surface area contributed by atoms with E-state index in [1.807, 2.05) is 11.4 Å². The Labute approximate surface area is 165 Å². The summed E-state index contributed by atoms with van der Waals surface area (Å²) in [5.41, 5.74) is 3.47. The summed E-state index contributed by atoms with van der Waals surface area (Å²) >= 11 is 0. The fourth-order valence-corrected chi connectivity index (χ4v) is 6.54. The number of anilines is 2. The van der Waals surface area contributed by atoms with Gasteiger partial charge in [0, 0.05) is 22.9 Å². The number of aromatic nitrogens is 4. The number of aryl methyl sites for hydroxylation is 2. The number of fused-ring (bicyclic) bond motifs is 1. The molecule has 5 nitrogen and oxygen atoms in total. The molecule has 4 aliphatic carbocycles. The third-order valence-corrected chi connectivity index (χ3v) is 7.36. The van der Waals surface area contributed by atoms with E-state index in [0.29, 0.717) is 0 Å². The first-order valence-electron chi connectivity index (χ1n) is 10.7. The standard InChI is InChI=1S/C23H27N5/c1-14-5-3-4-6-19(14)25-20-7-15(2)24-22-26-21(27-28(20)22)23-11-16-8-17(12-23)10-18(9-16)13-23/h3-7,16-18,25H,8-13H2,1-2H3. The molecular formula is C23H27N5. The number of nitrogens with zero attached hydrogens (tertiary/aromatic N) is 4. The van der Waals surface area contributed by atoms with Crippen LogP contribution in [0.15, 0.2) is 30.3 Å². The summed E-state index contributed by atoms with van der Waals surface area (Å²) in [6.07, 6.45) is 8.12. The first-order chi connectivity index (χ1) is 13.6. The molecule has 0 aliphatic heterocycles. The van der Waals surface area contributed by atoms with Gasteiger partial charge in [-0.3, -0.25) is 0 Å². The van der Waals surface area contributed by atoms with Gasteiger partial charge in [0.15, 0.2) is 5.82 Å². The van der Waals surface area contributed by atoms with Gasteiger partial charge < -0.3 is 5.32 Å². The van der Waals surface area contributed by atoms with E-state index in [0.717, 1.165) is 46.6 Å². The molecule has 4 bridgehead atoms. The van der Waals surface area contributed by atoms with Gasteiger partial charge in [0.1, 0.15) is 5.82 Å². The van der Waals surface area contributed by atoms with Crippen molar-refractivity contribution in [3.63, 3.8) is 0 Å². The summed E-state index contributed by atoms with van der Waals surface area (Å²) in [5.74, 6) is 5.37. The molecule has 0 saturated heterocycles. The first-order valence-corrected chi connectivity index (χ1v) is 10.7. The van der Waals surface area contributed by atoms with Crippen molar-refractivity contribution in [3.8, 4) is 0 Å². The second-order valence-corrected chi connectivity index (χ2v) is 9.57. The van der Waals surface area contributed by atoms with Gasteiger partial charge >= 0.3 is 0 Å². The maximum absolute atomic E-state index is 5.05. The highest BCUT2D eigenvalue weighted by Gasteiger charge is 2.53. The van der Waals surface area contributed by atoms with Crippen LogP contribution in [0.1, 0.15) is 55.6 Å². The lowest BCUT2D eigenvalue weighted by atomic mass is 9.49. The molecule has 1 N–H and O–H groups in total. The minimum Gasteiger partial charge on any atom is -0.340 e. The summed E-state index contributed by atoms with van der Waals surface area (Å²) in [4.78, 5) is 9.69. The van der Waals surface area contributed by atoms with Gasteiger partial charge in [-0.05, 0) is 81.8 Å². The number of para-hydroxylation sites is 1. The second-order valence-electron chi connectivity index (χ2n) is 9.57. The fourth-order valence-electron chi connectivity index (χ4n) is 6.54. The van der Waals surface area contributed by atoms with Crippen molar-refractivity contribution in [2.24, 2.45) is 17.8 Å². The van der Waals surface area contributed by atoms with Crippen molar-refractivity contribution in [2.75, 3.05) is 5.32 Å². The van der Waals surface area contributed by atoms with E-state index in [-0.39, 0.29) is 5.41 Å². The molecular weight excluding hydrogens is 346 g/mol. The quantitative estimate of drug-likeness (QED) is 0.705. The van der Waals surface area contributed by atoms with E-state index < -0.39 is 0 Å². The highest BCUT2D eigenvalue weighted by atomic mass is 15.4. The number of benzene rings is 1. The maximum atomic E-state index is 5.05. The van der Waals surface area contributed by atoms with Crippen LogP contribution in [0.2, 0.25) is 0 Å². The predicted octanol–water partition coefficient (Wildman–Crippen LogP) is 4.95. The Morgan fingerprint density at radius 2 is 1.64 bits per heavy atom. The molecule has 0 spiro atoms. The molecule has 5 heteroatoms. The third kappa shape index (κ3) is 2.48. The van der Waals surface area contributed by atoms with E-state index in [9.17, 15) is 0 Å². The third-order valence-electron chi connectivity index (χ3n) is 7.36. The van der Waals surface area contributed by atoms with Gasteiger partial charge in [0.25, 0.3) is 5.78 Å². The SMILES string of the molecule is Cc1cc(Nc2ccccc2C)n2nc(C34CC5CC(CC(C5)C3)C4)nc2n1. The largest absolute Gasteiger partial charge is 0.340 e. The molecule has 2 heterocycles. The molecule has 144 valence electrons. The molecule has 1 aromatic carbocycles. The normalized spacial score (nSPS) is 30.9. The molecule has 0 atom stereocenters. The molecule has 0 radical (unpaired) electrons. The van der Waals surface area contributed by atoms with Crippen molar-refractivity contribution >= 4 is 17.3 Å². The lowest BCUT2D eigenvalue weighted by Gasteiger charge is -2.55. The molecule has 7 rings (SSSR count). The van der Waals surface area contributed by atoms with Gasteiger partial charge in [0.2, 0.25) is 0 Å². The van der Waals surface area contributed by atoms with Crippen molar-refractivity contribution in [1.82, 2.24) is 19.6 Å². The number of rotatable bonds is 3. The molecule has 0 amide bonds. The highest BCUT2D eigenvalue weighted by molar-refractivity contribution is 5.62. The van der Waals surface area contributed by atoms with E-state index in [1.54, 1.807) is 0 Å². The summed E-state index contributed by atoms with van der Waals surface area (Å²) in [6.45, 7) is 4.15. The van der Waals surface area contributed by atoms with Crippen molar-refractivity contribution in [2.45, 2.75) is 57.8 Å². The lowest BCUT2D eigenvalue weighted by Crippen LogP contribution is -2.49. The predicted molar refractivity (Wildman–Crippen MR) is 110 cm³/mol. The van der Waals surface area contributed by atoms with Gasteiger partial charge in [-0.25, -0.2) is 4.98 Å². The van der Waals surface area contributed by atoms with Gasteiger partial charge in [-0.15, -0.1) is 5.10 Å². The molecule has 4 saturated carbocycles. The first kappa shape index (κ1) is 16.5. The van der Waals surface area contributed by atoms with Crippen LogP contribution in [0.4, 0.5) is 11.5 Å². The number of nitrogens with one attached hydrogen (secondary N) is 1. The van der Waals surface area contributed by atoms with Gasteiger partial charge in [-0.2, -0.15) is 9.50 Å². The van der Waals surface area contributed by atoms with Crippen LogP contribution >= 0.6 is 0 Å². The van der Waals surface area contributed by atoms with E-state index in [1.165, 1.54) is 44.1 Å². The van der Waals surface area contributed by atoms with E-state index in [4.69, 9.17) is 15.1 Å². The summed E-state index contributed by atoms with van der Waals surface area (Å²) in [6, 6.07) is 10.4. The zero-order valence-electron chi connectivity index (χ0n) is 16.7. The minimum absolute atomic E-state index is 0.191. The van der Waals surface area contributed by atoms with Crippen molar-refractivity contribution in [1.29, 1.82) is 0 Å². The zero-order chi connectivity index (χ0) is 18.9. The molecule has 2 aromatic heterocycles. The van der Waals surface area contributed by atoms with Crippen LogP contribution in [0.5, 0.6) is 0 Å². The Kier molecular flexibility index (Phi) is 3.41. The summed E-state index contributed by atoms with van der Waals surface area (Å²) < 4.78 is 1.92. The van der Waals surface area contributed by atoms with Crippen LogP contribution in [-0.2, 0) is 5.41 Å². The van der Waals surface area contributed by atoms with Crippen LogP contribution in [0, 0.1) is 31.6 Å². The lowest BCUT2D eigenvalue weighted by molar-refractivity contribution is -0.00925. The Hall–Kier alpha value is -2.43. The number of hydrogen-bond donors (Lipinski definition) is 1. The van der Waals surface area contributed by atoms with E-state index >= 15 is 0 Å². The fraction of sp³-hybridized carbons (Fsp3) is 0.522. The highest BCUT2D eigenvalue weighted by Crippen LogP contribution is 2.60. The summed E-state index contributed by atoms with van der Waals surface area (Å²) in [7, 11) is 0. The Balaban J connectivity index is 1.44. The van der Waals surface area contributed by atoms with Crippen LogP contribution in [0.3, 0.4) is 0 Å². The second kappa shape index (κ2) is 5.79. The van der Waals surface area contributed by atoms with Crippen molar-refractivity contribution < 1.29 is 0 Å². The van der Waals surface area contributed by atoms with Gasteiger partial charge in [0.05, 0.1) is 0 Å². The summed E-state index contributed by atoms with van der Waals surface area (Å²) in [5, 5.41) is 8.61. The topological polar surface area (TPSA) is 55.1 Å². The Morgan fingerprint density at radius 3 is 2.32 bits per heavy atom. The number of hydrogen-bond acceptors (Lipinski definition) is 4. The average Bonchev–Trinajstić information content (AvgIpc) is 3.07. The molecule has 28 heavy (non-hydrogen) atoms. The van der Waals surface area contributed by atoms with Crippen molar-refractivity contribution in [3.05, 3.63) is 47.4 Å². The monoisotopic (exact) mass is 373 g/mol. The Morgan fingerprint density at radius 1 is 0.964 bits per heavy atom. The molecule has 3 aromatic rings. The minimum atomic E-state index is 0.191.